The summed E-state index contributed by atoms with van der Waals surface area (Å²) in [5.41, 5.74) is 0.630. The first-order chi connectivity index (χ1) is 11.5. The summed E-state index contributed by atoms with van der Waals surface area (Å²) < 4.78 is 5.31. The van der Waals surface area contributed by atoms with Gasteiger partial charge in [0.2, 0.25) is 0 Å². The zero-order valence-electron chi connectivity index (χ0n) is 13.5. The Balaban J connectivity index is 2.06. The van der Waals surface area contributed by atoms with E-state index in [2.05, 4.69) is 4.98 Å². The fraction of sp³-hybridized carbons (Fsp3) is 0.278. The Bertz CT molecular complexity index is 779. The molecule has 0 spiro atoms. The SMILES string of the molecule is CC(C)C(=O)C1=C(O)C(=O)N(Cc2ccco2)C1c1ccccn1. The number of ketones is 1. The number of carbonyl (C=O) groups is 2. The highest BCUT2D eigenvalue weighted by atomic mass is 16.3. The maximum absolute atomic E-state index is 12.6. The predicted octanol–water partition coefficient (Wildman–Crippen LogP) is 2.80. The number of carbonyl (C=O) groups excluding carboxylic acids is 2. The lowest BCUT2D eigenvalue weighted by atomic mass is 9.93. The van der Waals surface area contributed by atoms with E-state index >= 15 is 0 Å². The van der Waals surface area contributed by atoms with E-state index in [9.17, 15) is 14.7 Å². The second kappa shape index (κ2) is 6.31. The molecule has 0 aromatic carbocycles. The van der Waals surface area contributed by atoms with Crippen molar-refractivity contribution >= 4 is 11.7 Å². The highest BCUT2D eigenvalue weighted by molar-refractivity contribution is 6.09. The van der Waals surface area contributed by atoms with Gasteiger partial charge >= 0.3 is 0 Å². The molecule has 0 aliphatic carbocycles. The summed E-state index contributed by atoms with van der Waals surface area (Å²) in [7, 11) is 0. The molecule has 3 heterocycles. The minimum absolute atomic E-state index is 0.0975. The van der Waals surface area contributed by atoms with Crippen LogP contribution in [0.3, 0.4) is 0 Å². The third kappa shape index (κ3) is 2.71. The van der Waals surface area contributed by atoms with Crippen molar-refractivity contribution in [3.8, 4) is 0 Å². The number of aromatic nitrogens is 1. The number of hydrogen-bond donors (Lipinski definition) is 1. The molecule has 0 saturated heterocycles. The quantitative estimate of drug-likeness (QED) is 0.913. The van der Waals surface area contributed by atoms with Crippen LogP contribution in [-0.4, -0.2) is 26.7 Å². The van der Waals surface area contributed by atoms with Crippen molar-refractivity contribution in [2.75, 3.05) is 0 Å². The number of amides is 1. The van der Waals surface area contributed by atoms with Crippen LogP contribution in [0.5, 0.6) is 0 Å². The fourth-order valence-electron chi connectivity index (χ4n) is 2.80. The average Bonchev–Trinajstić information content (AvgIpc) is 3.17. The molecule has 6 nitrogen and oxygen atoms in total. The molecular weight excluding hydrogens is 308 g/mol. The van der Waals surface area contributed by atoms with Crippen molar-refractivity contribution in [1.82, 2.24) is 9.88 Å². The Labute approximate surface area is 139 Å². The molecule has 1 amide bonds. The number of aliphatic hydroxyl groups is 1. The van der Waals surface area contributed by atoms with Crippen LogP contribution in [0.1, 0.15) is 31.3 Å². The van der Waals surface area contributed by atoms with Gasteiger partial charge in [-0.25, -0.2) is 0 Å². The maximum atomic E-state index is 12.6. The van der Waals surface area contributed by atoms with Gasteiger partial charge in [-0.15, -0.1) is 0 Å². The van der Waals surface area contributed by atoms with Gasteiger partial charge in [-0.3, -0.25) is 14.6 Å². The third-order valence-corrected chi connectivity index (χ3v) is 3.97. The summed E-state index contributed by atoms with van der Waals surface area (Å²) in [4.78, 5) is 30.8. The summed E-state index contributed by atoms with van der Waals surface area (Å²) in [5.74, 6) is -1.14. The summed E-state index contributed by atoms with van der Waals surface area (Å²) in [5, 5.41) is 10.3. The van der Waals surface area contributed by atoms with E-state index < -0.39 is 17.7 Å². The van der Waals surface area contributed by atoms with E-state index in [1.54, 1.807) is 50.4 Å². The molecule has 0 saturated carbocycles. The smallest absolute Gasteiger partial charge is 0.290 e. The van der Waals surface area contributed by atoms with Crippen LogP contribution in [0.4, 0.5) is 0 Å². The summed E-state index contributed by atoms with van der Waals surface area (Å²) in [6.07, 6.45) is 3.11. The van der Waals surface area contributed by atoms with E-state index in [0.29, 0.717) is 11.5 Å². The Morgan fingerprint density at radius 1 is 1.33 bits per heavy atom. The molecular formula is C18H18N2O4. The normalized spacial score (nSPS) is 17.9. The van der Waals surface area contributed by atoms with Gasteiger partial charge in [0.15, 0.2) is 11.5 Å². The van der Waals surface area contributed by atoms with Crippen molar-refractivity contribution < 1.29 is 19.1 Å². The molecule has 124 valence electrons. The zero-order chi connectivity index (χ0) is 17.3. The van der Waals surface area contributed by atoms with Gasteiger partial charge in [-0.1, -0.05) is 19.9 Å². The molecule has 24 heavy (non-hydrogen) atoms. The molecule has 3 rings (SSSR count). The van der Waals surface area contributed by atoms with Gasteiger partial charge in [-0.2, -0.15) is 0 Å². The van der Waals surface area contributed by atoms with Crippen molar-refractivity contribution in [2.45, 2.75) is 26.4 Å². The minimum Gasteiger partial charge on any atom is -0.503 e. The fourth-order valence-corrected chi connectivity index (χ4v) is 2.80. The molecule has 2 aromatic rings. The molecule has 0 bridgehead atoms. The second-order valence-electron chi connectivity index (χ2n) is 5.95. The molecule has 2 aromatic heterocycles. The maximum Gasteiger partial charge on any atom is 0.290 e. The summed E-state index contributed by atoms with van der Waals surface area (Å²) >= 11 is 0. The van der Waals surface area contributed by atoms with Crippen LogP contribution in [0.15, 0.2) is 58.5 Å². The highest BCUT2D eigenvalue weighted by Gasteiger charge is 2.44. The molecule has 6 heteroatoms. The van der Waals surface area contributed by atoms with Crippen LogP contribution in [0.25, 0.3) is 0 Å². The Morgan fingerprint density at radius 2 is 2.12 bits per heavy atom. The number of furan rings is 1. The van der Waals surface area contributed by atoms with Crippen molar-refractivity contribution in [3.05, 3.63) is 65.6 Å². The first-order valence-electron chi connectivity index (χ1n) is 7.72. The largest absolute Gasteiger partial charge is 0.503 e. The lowest BCUT2D eigenvalue weighted by Crippen LogP contribution is -2.31. The second-order valence-corrected chi connectivity index (χ2v) is 5.95. The molecule has 1 aliphatic heterocycles. The monoisotopic (exact) mass is 326 g/mol. The number of rotatable bonds is 5. The van der Waals surface area contributed by atoms with Gasteiger partial charge in [0.25, 0.3) is 5.91 Å². The number of aliphatic hydroxyl groups excluding tert-OH is 1. The van der Waals surface area contributed by atoms with E-state index in [1.807, 2.05) is 0 Å². The lowest BCUT2D eigenvalue weighted by Gasteiger charge is -2.25. The Kier molecular flexibility index (Phi) is 4.20. The van der Waals surface area contributed by atoms with Crippen molar-refractivity contribution in [3.63, 3.8) is 0 Å². The van der Waals surface area contributed by atoms with Gasteiger partial charge < -0.3 is 14.4 Å². The summed E-state index contributed by atoms with van der Waals surface area (Å²) in [6.45, 7) is 3.61. The number of pyridine rings is 1. The van der Waals surface area contributed by atoms with Crippen LogP contribution >= 0.6 is 0 Å². The van der Waals surface area contributed by atoms with Crippen LogP contribution in [0.2, 0.25) is 0 Å². The molecule has 0 fully saturated rings. The highest BCUT2D eigenvalue weighted by Crippen LogP contribution is 2.38. The van der Waals surface area contributed by atoms with Gasteiger partial charge in [0.1, 0.15) is 11.8 Å². The standard InChI is InChI=1S/C18H18N2O4/c1-11(2)16(21)14-15(13-7-3-4-8-19-13)20(18(23)17(14)22)10-12-6-5-9-24-12/h3-9,11,15,22H,10H2,1-2H3. The van der Waals surface area contributed by atoms with Gasteiger partial charge in [0.05, 0.1) is 24.1 Å². The van der Waals surface area contributed by atoms with Crippen LogP contribution < -0.4 is 0 Å². The lowest BCUT2D eigenvalue weighted by molar-refractivity contribution is -0.130. The third-order valence-electron chi connectivity index (χ3n) is 3.97. The van der Waals surface area contributed by atoms with E-state index in [4.69, 9.17) is 4.42 Å². The topological polar surface area (TPSA) is 83.6 Å². The predicted molar refractivity (Wildman–Crippen MR) is 85.7 cm³/mol. The Hall–Kier alpha value is -2.89. The van der Waals surface area contributed by atoms with Crippen LogP contribution in [-0.2, 0) is 16.1 Å². The Morgan fingerprint density at radius 3 is 2.71 bits per heavy atom. The first-order valence-corrected chi connectivity index (χ1v) is 7.72. The van der Waals surface area contributed by atoms with E-state index in [-0.39, 0.29) is 23.8 Å². The van der Waals surface area contributed by atoms with E-state index in [0.717, 1.165) is 0 Å². The first kappa shape index (κ1) is 16.0. The number of nitrogens with zero attached hydrogens (tertiary/aromatic N) is 2. The number of hydrogen-bond acceptors (Lipinski definition) is 5. The molecule has 1 atom stereocenters. The van der Waals surface area contributed by atoms with Crippen molar-refractivity contribution in [1.29, 1.82) is 0 Å². The van der Waals surface area contributed by atoms with Crippen molar-refractivity contribution in [2.24, 2.45) is 5.92 Å². The minimum atomic E-state index is -0.723. The average molecular weight is 326 g/mol. The number of Topliss-reactive ketones (excluding diaryl/α,β-unsaturated/α-hetero) is 1. The van der Waals surface area contributed by atoms with Crippen LogP contribution in [0, 0.1) is 5.92 Å². The van der Waals surface area contributed by atoms with Gasteiger partial charge in [-0.05, 0) is 24.3 Å². The molecule has 0 radical (unpaired) electrons. The molecule has 1 N–H and O–H groups in total. The summed E-state index contributed by atoms with van der Waals surface area (Å²) in [6, 6.07) is 8.01. The van der Waals surface area contributed by atoms with Gasteiger partial charge in [0, 0.05) is 12.1 Å². The van der Waals surface area contributed by atoms with E-state index in [1.165, 1.54) is 11.2 Å². The molecule has 1 aliphatic rings. The molecule has 1 unspecified atom stereocenters. The zero-order valence-corrected chi connectivity index (χ0v) is 13.5.